The summed E-state index contributed by atoms with van der Waals surface area (Å²) >= 11 is 4.41. The maximum atomic E-state index is 12.0. The summed E-state index contributed by atoms with van der Waals surface area (Å²) in [5.74, 6) is 0.893. The van der Waals surface area contributed by atoms with Crippen molar-refractivity contribution in [3.8, 4) is 11.5 Å². The molecule has 0 aliphatic carbocycles. The van der Waals surface area contributed by atoms with E-state index < -0.39 is 5.97 Å². The smallest absolute Gasteiger partial charge is 0.373 e. The summed E-state index contributed by atoms with van der Waals surface area (Å²) in [4.78, 5) is 54.3. The second-order valence-electron chi connectivity index (χ2n) is 9.65. The molecular weight excluding hydrogens is 866 g/mol. The average Bonchev–Trinajstić information content (AvgIpc) is 3.11. The normalized spacial score (nSPS) is 9.98. The number of para-hydroxylation sites is 2. The van der Waals surface area contributed by atoms with Crippen LogP contribution >= 0.6 is 45.2 Å². The van der Waals surface area contributed by atoms with Crippen molar-refractivity contribution in [2.24, 2.45) is 0 Å². The Hall–Kier alpha value is -4.79. The lowest BCUT2D eigenvalue weighted by Gasteiger charge is -2.06. The molecule has 260 valence electrons. The molecule has 0 bridgehead atoms. The number of rotatable bonds is 9. The molecule has 50 heavy (non-hydrogen) atoms. The molecule has 0 aliphatic heterocycles. The van der Waals surface area contributed by atoms with Gasteiger partial charge < -0.3 is 24.5 Å². The summed E-state index contributed by atoms with van der Waals surface area (Å²) in [6, 6.07) is 32.9. The zero-order valence-electron chi connectivity index (χ0n) is 27.6. The first-order chi connectivity index (χ1) is 24.2. The average molecular weight is 903 g/mol. The Balaban J connectivity index is 0.000000252. The minimum absolute atomic E-state index is 0.0422. The number of fused-ring (bicyclic) bond motifs is 1. The lowest BCUT2D eigenvalue weighted by Crippen LogP contribution is -2.18. The number of benzene rings is 4. The van der Waals surface area contributed by atoms with Crippen molar-refractivity contribution in [3.63, 3.8) is 0 Å². The monoisotopic (exact) mass is 902 g/mol. The third kappa shape index (κ3) is 14.8. The summed E-state index contributed by atoms with van der Waals surface area (Å²) in [6.45, 7) is 6.09. The molecule has 0 unspecified atom stereocenters. The summed E-state index contributed by atoms with van der Waals surface area (Å²) in [5.41, 5.74) is 2.07. The van der Waals surface area contributed by atoms with Crippen molar-refractivity contribution in [2.75, 3.05) is 18.5 Å². The second-order valence-corrected chi connectivity index (χ2v) is 12.1. The van der Waals surface area contributed by atoms with Crippen molar-refractivity contribution in [1.82, 2.24) is 4.98 Å². The van der Waals surface area contributed by atoms with E-state index in [1.165, 1.54) is 6.20 Å². The topological polar surface area (TPSA) is 141 Å². The minimum atomic E-state index is -0.589. The van der Waals surface area contributed by atoms with E-state index in [2.05, 4.69) is 55.5 Å². The van der Waals surface area contributed by atoms with Gasteiger partial charge in [-0.05, 0) is 126 Å². The number of nitrogens with one attached hydrogen (secondary N) is 2. The van der Waals surface area contributed by atoms with Gasteiger partial charge in [-0.2, -0.15) is 9.59 Å². The predicted molar refractivity (Wildman–Crippen MR) is 209 cm³/mol. The van der Waals surface area contributed by atoms with Gasteiger partial charge in [-0.1, -0.05) is 49.4 Å². The highest BCUT2D eigenvalue weighted by molar-refractivity contribution is 14.1. The maximum Gasteiger partial charge on any atom is 0.373 e. The first-order valence-corrected chi connectivity index (χ1v) is 17.5. The first kappa shape index (κ1) is 41.4. The fourth-order valence-electron chi connectivity index (χ4n) is 3.95. The highest BCUT2D eigenvalue weighted by Crippen LogP contribution is 2.19. The van der Waals surface area contributed by atoms with Crippen LogP contribution in [-0.2, 0) is 23.9 Å². The number of hydrogen-bond donors (Lipinski definition) is 2. The van der Waals surface area contributed by atoms with E-state index in [9.17, 15) is 14.4 Å². The fourth-order valence-corrected chi connectivity index (χ4v) is 4.98. The van der Waals surface area contributed by atoms with Crippen molar-refractivity contribution in [3.05, 3.63) is 144 Å². The maximum absolute atomic E-state index is 12.0. The van der Waals surface area contributed by atoms with Crippen molar-refractivity contribution in [2.45, 2.75) is 27.2 Å². The molecule has 5 aromatic rings. The Morgan fingerprint density at radius 1 is 0.780 bits per heavy atom. The Morgan fingerprint density at radius 2 is 1.36 bits per heavy atom. The van der Waals surface area contributed by atoms with E-state index in [1.807, 2.05) is 104 Å². The van der Waals surface area contributed by atoms with Gasteiger partial charge in [0, 0.05) is 30.6 Å². The molecule has 0 spiro atoms. The van der Waals surface area contributed by atoms with Crippen LogP contribution in [0.3, 0.4) is 0 Å². The van der Waals surface area contributed by atoms with Crippen molar-refractivity contribution < 1.29 is 33.4 Å². The molecule has 10 nitrogen and oxygen atoms in total. The lowest BCUT2D eigenvalue weighted by molar-refractivity contribution is -0.191. The van der Waals surface area contributed by atoms with Gasteiger partial charge in [-0.3, -0.25) is 4.79 Å². The zero-order valence-corrected chi connectivity index (χ0v) is 31.9. The molecule has 0 aliphatic rings. The highest BCUT2D eigenvalue weighted by atomic mass is 127. The molecule has 0 atom stereocenters. The molecule has 4 aromatic carbocycles. The van der Waals surface area contributed by atoms with Gasteiger partial charge in [0.05, 0.1) is 24.3 Å². The van der Waals surface area contributed by atoms with Crippen LogP contribution in [0.4, 0.5) is 5.69 Å². The van der Waals surface area contributed by atoms with Crippen LogP contribution in [-0.4, -0.2) is 36.3 Å². The zero-order chi connectivity index (χ0) is 36.7. The Morgan fingerprint density at radius 3 is 1.90 bits per heavy atom. The number of H-pyrrole nitrogens is 1. The third-order valence-electron chi connectivity index (χ3n) is 6.22. The van der Waals surface area contributed by atoms with E-state index in [0.29, 0.717) is 24.0 Å². The number of hydrogen-bond acceptors (Lipinski definition) is 9. The number of esters is 2. The van der Waals surface area contributed by atoms with Crippen LogP contribution in [0.2, 0.25) is 0 Å². The van der Waals surface area contributed by atoms with Gasteiger partial charge in [0.25, 0.3) is 0 Å². The molecule has 0 fully saturated rings. The molecule has 5 rings (SSSR count). The number of carbonyl (C=O) groups is 2. The van der Waals surface area contributed by atoms with Crippen LogP contribution in [0.5, 0.6) is 11.5 Å². The molecule has 2 N–H and O–H groups in total. The molecule has 12 heteroatoms. The van der Waals surface area contributed by atoms with E-state index in [1.54, 1.807) is 26.1 Å². The second kappa shape index (κ2) is 23.5. The summed E-state index contributed by atoms with van der Waals surface area (Å²) in [5, 5.41) is 3.60. The highest BCUT2D eigenvalue weighted by Gasteiger charge is 2.13. The number of ether oxygens (including phenoxy) is 3. The number of anilines is 1. The van der Waals surface area contributed by atoms with Crippen LogP contribution in [0.25, 0.3) is 10.9 Å². The van der Waals surface area contributed by atoms with Crippen LogP contribution in [0.1, 0.15) is 37.6 Å². The van der Waals surface area contributed by atoms with Crippen molar-refractivity contribution >= 4 is 79.9 Å². The molecule has 0 radical (unpaired) electrons. The van der Waals surface area contributed by atoms with E-state index >= 15 is 0 Å². The molecule has 1 heterocycles. The van der Waals surface area contributed by atoms with Gasteiger partial charge in [-0.25, -0.2) is 9.59 Å². The number of carbonyl (C=O) groups excluding carboxylic acids is 4. The van der Waals surface area contributed by atoms with Gasteiger partial charge in [-0.15, -0.1) is 0 Å². The van der Waals surface area contributed by atoms with Gasteiger partial charge in [0.2, 0.25) is 5.43 Å². The first-order valence-electron chi connectivity index (χ1n) is 15.3. The van der Waals surface area contributed by atoms with Gasteiger partial charge in [0.1, 0.15) is 17.1 Å². The number of pyridine rings is 1. The fraction of sp³-hybridized carbons (Fsp3) is 0.158. The predicted octanol–water partition coefficient (Wildman–Crippen LogP) is 8.76. The van der Waals surface area contributed by atoms with Crippen LogP contribution < -0.4 is 15.5 Å². The Labute approximate surface area is 317 Å². The summed E-state index contributed by atoms with van der Waals surface area (Å²) in [6.07, 6.45) is 4.01. The Kier molecular flexibility index (Phi) is 19.5. The SMILES string of the molecule is CCOC(=O)/C(=C/Nc1cccc(I)c1)CC.CCOC(=O)c1c[nH]c2cc(I)ccc2c1=O.O=C=O.c1ccc(Oc2ccccc2)cc1. The number of halogens is 2. The van der Waals surface area contributed by atoms with Crippen LogP contribution in [0, 0.1) is 7.14 Å². The molecule has 1 aromatic heterocycles. The molecule has 0 amide bonds. The lowest BCUT2D eigenvalue weighted by atomic mass is 10.1. The number of aromatic nitrogens is 1. The third-order valence-corrected chi connectivity index (χ3v) is 7.56. The molecular formula is C38H36I2N2O8. The van der Waals surface area contributed by atoms with E-state index in [4.69, 9.17) is 23.8 Å². The standard InChI is InChI=1S/C13H16INO2.C12H10INO3.C12H10O.CO2/c1-3-10(13(16)17-4-2)9-15-12-7-5-6-11(14)8-12;1-2-17-12(16)9-6-14-10-5-7(13)3-4-8(10)11(9)15;1-3-7-11(8-4-1)13-12-9-5-2-6-10-12;2-1-3/h5-9,15H,3-4H2,1-2H3;3-6H,2H2,1H3,(H,14,15);1-10H;/b10-9+;;;. The quantitative estimate of drug-likeness (QED) is 0.0844. The number of aromatic amines is 1. The van der Waals surface area contributed by atoms with Crippen molar-refractivity contribution in [1.29, 1.82) is 0 Å². The minimum Gasteiger partial charge on any atom is -0.463 e. The summed E-state index contributed by atoms with van der Waals surface area (Å²) < 4.78 is 17.5. The molecule has 0 saturated carbocycles. The Bertz CT molecular complexity index is 1890. The van der Waals surface area contributed by atoms with E-state index in [0.717, 1.165) is 29.8 Å². The van der Waals surface area contributed by atoms with Crippen LogP contribution in [0.15, 0.2) is 126 Å². The van der Waals surface area contributed by atoms with E-state index in [-0.39, 0.29) is 29.7 Å². The molecule has 0 saturated heterocycles. The largest absolute Gasteiger partial charge is 0.463 e. The van der Waals surface area contributed by atoms with Gasteiger partial charge in [0.15, 0.2) is 0 Å². The summed E-state index contributed by atoms with van der Waals surface area (Å²) in [7, 11) is 0. The van der Waals surface area contributed by atoms with Gasteiger partial charge >= 0.3 is 18.1 Å².